The summed E-state index contributed by atoms with van der Waals surface area (Å²) in [5.41, 5.74) is 1.51. The minimum absolute atomic E-state index is 0.0883. The third-order valence-corrected chi connectivity index (χ3v) is 5.95. The number of carbonyl (C=O) groups excluding carboxylic acids is 1. The van der Waals surface area contributed by atoms with Gasteiger partial charge in [0.1, 0.15) is 5.69 Å². The maximum absolute atomic E-state index is 12.9. The number of halogens is 3. The van der Waals surface area contributed by atoms with Crippen LogP contribution >= 0.6 is 0 Å². The zero-order valence-electron chi connectivity index (χ0n) is 17.6. The molecule has 4 rings (SSSR count). The molecule has 2 aliphatic heterocycles. The van der Waals surface area contributed by atoms with Gasteiger partial charge in [0.15, 0.2) is 0 Å². The predicted octanol–water partition coefficient (Wildman–Crippen LogP) is 2.76. The largest absolute Gasteiger partial charge is 0.433 e. The lowest BCUT2D eigenvalue weighted by atomic mass is 10.0. The van der Waals surface area contributed by atoms with Gasteiger partial charge in [-0.25, -0.2) is 9.78 Å². The van der Waals surface area contributed by atoms with Crippen LogP contribution in [0.25, 0.3) is 0 Å². The molecule has 0 bridgehead atoms. The van der Waals surface area contributed by atoms with Crippen LogP contribution < -0.4 is 5.32 Å². The van der Waals surface area contributed by atoms with Crippen LogP contribution in [0.15, 0.2) is 36.5 Å². The number of pyridine rings is 2. The van der Waals surface area contributed by atoms with Gasteiger partial charge in [-0.1, -0.05) is 12.1 Å². The highest BCUT2D eigenvalue weighted by Crippen LogP contribution is 2.31. The Labute approximate surface area is 184 Å². The number of nitrogens with one attached hydrogen (secondary N) is 1. The molecule has 7 nitrogen and oxygen atoms in total. The number of hydrogen-bond acceptors (Lipinski definition) is 5. The zero-order chi connectivity index (χ0) is 22.7. The van der Waals surface area contributed by atoms with E-state index in [1.807, 2.05) is 17.0 Å². The Bertz CT molecular complexity index is 930. The highest BCUT2D eigenvalue weighted by Gasteiger charge is 2.34. The minimum atomic E-state index is -4.46. The molecule has 4 heterocycles. The molecule has 32 heavy (non-hydrogen) atoms. The second-order valence-electron chi connectivity index (χ2n) is 8.33. The van der Waals surface area contributed by atoms with Gasteiger partial charge in [0.25, 0.3) is 0 Å². The third-order valence-electron chi connectivity index (χ3n) is 5.95. The molecule has 0 aromatic carbocycles. The van der Waals surface area contributed by atoms with Gasteiger partial charge in [-0.2, -0.15) is 13.2 Å². The Morgan fingerprint density at radius 1 is 1.25 bits per heavy atom. The van der Waals surface area contributed by atoms with Crippen molar-refractivity contribution < 1.29 is 23.1 Å². The molecule has 0 aliphatic carbocycles. The van der Waals surface area contributed by atoms with Gasteiger partial charge in [-0.15, -0.1) is 0 Å². The van der Waals surface area contributed by atoms with Crippen LogP contribution in [0.4, 0.5) is 18.0 Å². The van der Waals surface area contributed by atoms with Crippen LogP contribution in [0.2, 0.25) is 0 Å². The van der Waals surface area contributed by atoms with Crippen LogP contribution in [-0.2, 0) is 19.3 Å². The minimum Gasteiger partial charge on any atom is -0.392 e. The number of β-amino-alcohol motifs (C(OH)–C–C–N with tert-alkyl or cyclic N) is 1. The number of likely N-dealkylation sites (tertiary alicyclic amines) is 1. The molecule has 2 atom stereocenters. The molecular formula is C22H26F3N5O2. The van der Waals surface area contributed by atoms with Crippen molar-refractivity contribution in [2.75, 3.05) is 26.2 Å². The van der Waals surface area contributed by atoms with Gasteiger partial charge in [0, 0.05) is 44.0 Å². The molecule has 0 radical (unpaired) electrons. The summed E-state index contributed by atoms with van der Waals surface area (Å²) in [5.74, 6) is -0.0883. The normalized spacial score (nSPS) is 19.8. The van der Waals surface area contributed by atoms with Gasteiger partial charge < -0.3 is 20.2 Å². The fraction of sp³-hybridized carbons (Fsp3) is 0.500. The van der Waals surface area contributed by atoms with Crippen LogP contribution in [0, 0.1) is 0 Å². The van der Waals surface area contributed by atoms with E-state index >= 15 is 0 Å². The van der Waals surface area contributed by atoms with E-state index in [9.17, 15) is 23.1 Å². The fourth-order valence-electron chi connectivity index (χ4n) is 4.27. The summed E-state index contributed by atoms with van der Waals surface area (Å²) >= 11 is 0. The topological polar surface area (TPSA) is 81.6 Å². The van der Waals surface area contributed by atoms with Crippen molar-refractivity contribution in [3.05, 3.63) is 59.2 Å². The van der Waals surface area contributed by atoms with Gasteiger partial charge >= 0.3 is 12.2 Å². The summed E-state index contributed by atoms with van der Waals surface area (Å²) in [6, 6.07) is 7.61. The molecule has 0 saturated carbocycles. The van der Waals surface area contributed by atoms with Crippen molar-refractivity contribution in [1.82, 2.24) is 25.1 Å². The predicted molar refractivity (Wildman–Crippen MR) is 111 cm³/mol. The maximum Gasteiger partial charge on any atom is 0.433 e. The monoisotopic (exact) mass is 449 g/mol. The molecule has 10 heteroatoms. The Kier molecular flexibility index (Phi) is 6.61. The highest BCUT2D eigenvalue weighted by molar-refractivity contribution is 5.74. The van der Waals surface area contributed by atoms with Gasteiger partial charge in [-0.3, -0.25) is 4.98 Å². The van der Waals surface area contributed by atoms with E-state index in [0.29, 0.717) is 57.8 Å². The van der Waals surface area contributed by atoms with E-state index in [1.54, 1.807) is 17.2 Å². The summed E-state index contributed by atoms with van der Waals surface area (Å²) in [7, 11) is 0. The Balaban J connectivity index is 1.19. The Morgan fingerprint density at radius 3 is 2.88 bits per heavy atom. The van der Waals surface area contributed by atoms with Crippen molar-refractivity contribution in [3.63, 3.8) is 0 Å². The first-order valence-corrected chi connectivity index (χ1v) is 10.7. The molecule has 2 aliphatic rings. The molecule has 1 unspecified atom stereocenters. The van der Waals surface area contributed by atoms with E-state index in [-0.39, 0.29) is 11.9 Å². The number of hydrogen-bond donors (Lipinski definition) is 2. The van der Waals surface area contributed by atoms with Crippen LogP contribution in [-0.4, -0.2) is 63.2 Å². The Morgan fingerprint density at radius 2 is 2.09 bits per heavy atom. The number of urea groups is 1. The first kappa shape index (κ1) is 22.5. The quantitative estimate of drug-likeness (QED) is 0.709. The van der Waals surface area contributed by atoms with E-state index in [4.69, 9.17) is 0 Å². The van der Waals surface area contributed by atoms with Crippen molar-refractivity contribution in [3.8, 4) is 0 Å². The molecule has 1 fully saturated rings. The van der Waals surface area contributed by atoms with Crippen LogP contribution in [0.1, 0.15) is 41.4 Å². The first-order valence-electron chi connectivity index (χ1n) is 10.7. The number of alkyl halides is 3. The molecule has 2 N–H and O–H groups in total. The summed E-state index contributed by atoms with van der Waals surface area (Å²) in [5, 5.41) is 13.2. The number of amides is 2. The van der Waals surface area contributed by atoms with Crippen molar-refractivity contribution in [2.45, 2.75) is 44.1 Å². The first-order chi connectivity index (χ1) is 15.3. The van der Waals surface area contributed by atoms with E-state index in [2.05, 4.69) is 15.3 Å². The molecule has 2 amide bonds. The molecule has 172 valence electrons. The average molecular weight is 449 g/mol. The number of aliphatic hydroxyl groups excluding tert-OH is 1. The average Bonchev–Trinajstić information content (AvgIpc) is 3.40. The number of fused-ring (bicyclic) bond motifs is 1. The molecule has 2 aromatic heterocycles. The molecular weight excluding hydrogens is 423 g/mol. The van der Waals surface area contributed by atoms with Crippen LogP contribution in [0.5, 0.6) is 0 Å². The summed E-state index contributed by atoms with van der Waals surface area (Å²) in [4.78, 5) is 24.1. The van der Waals surface area contributed by atoms with Crippen LogP contribution in [0.3, 0.4) is 0 Å². The van der Waals surface area contributed by atoms with Crippen molar-refractivity contribution in [1.29, 1.82) is 0 Å². The standard InChI is InChI=1S/C22H26F3N5O2/c23-22(24,25)20-5-1-4-18(28-20)16-7-10-29(11-16)13-17(31)6-9-27-21(32)30-12-15-3-2-8-26-19(15)14-30/h1-5,8,16-17,31H,6-7,9-14H2,(H,27,32)/t16?,17-/m1/s1. The highest BCUT2D eigenvalue weighted by atomic mass is 19.4. The number of aliphatic hydroxyl groups is 1. The van der Waals surface area contributed by atoms with Crippen molar-refractivity contribution in [2.24, 2.45) is 0 Å². The lowest BCUT2D eigenvalue weighted by molar-refractivity contribution is -0.141. The Hall–Kier alpha value is -2.72. The second kappa shape index (κ2) is 9.41. The molecule has 1 saturated heterocycles. The SMILES string of the molecule is O=C(NCC[C@@H](O)CN1CCC(c2cccc(C(F)(F)F)n2)C1)N1Cc2cccnc2C1. The lowest BCUT2D eigenvalue weighted by Crippen LogP contribution is -2.39. The number of aromatic nitrogens is 2. The maximum atomic E-state index is 12.9. The summed E-state index contributed by atoms with van der Waals surface area (Å²) < 4.78 is 38.7. The number of carbonyl (C=O) groups is 1. The fourth-order valence-corrected chi connectivity index (χ4v) is 4.27. The van der Waals surface area contributed by atoms with E-state index in [0.717, 1.165) is 17.3 Å². The number of nitrogens with zero attached hydrogens (tertiary/aromatic N) is 4. The smallest absolute Gasteiger partial charge is 0.392 e. The van der Waals surface area contributed by atoms with E-state index < -0.39 is 18.0 Å². The molecule has 0 spiro atoms. The number of rotatable bonds is 6. The van der Waals surface area contributed by atoms with E-state index in [1.165, 1.54) is 6.07 Å². The zero-order valence-corrected chi connectivity index (χ0v) is 17.6. The lowest BCUT2D eigenvalue weighted by Gasteiger charge is -2.21. The van der Waals surface area contributed by atoms with Crippen molar-refractivity contribution >= 4 is 6.03 Å². The molecule has 2 aromatic rings. The van der Waals surface area contributed by atoms with Gasteiger partial charge in [0.05, 0.1) is 18.3 Å². The third kappa shape index (κ3) is 5.36. The second-order valence-corrected chi connectivity index (χ2v) is 8.33. The summed E-state index contributed by atoms with van der Waals surface area (Å²) in [6.45, 7) is 2.98. The summed E-state index contributed by atoms with van der Waals surface area (Å²) in [6.07, 6.45) is -2.29. The van der Waals surface area contributed by atoms with Gasteiger partial charge in [-0.05, 0) is 43.1 Å². The van der Waals surface area contributed by atoms with Gasteiger partial charge in [0.2, 0.25) is 0 Å².